The second-order valence-electron chi connectivity index (χ2n) is 14.5. The summed E-state index contributed by atoms with van der Waals surface area (Å²) in [7, 11) is 0. The fourth-order valence-corrected chi connectivity index (χ4v) is 6.18. The van der Waals surface area contributed by atoms with Crippen LogP contribution in [-0.2, 0) is 86.5 Å². The van der Waals surface area contributed by atoms with Gasteiger partial charge in [-0.3, -0.25) is 10.1 Å². The number of hydrogen-bond donors (Lipinski definition) is 2. The van der Waals surface area contributed by atoms with Crippen LogP contribution in [0.2, 0.25) is 0 Å². The molecule has 3 saturated carbocycles. The van der Waals surface area contributed by atoms with Crippen LogP contribution in [0, 0.1) is 0 Å². The Kier molecular flexibility index (Phi) is 18.0. The van der Waals surface area contributed by atoms with Gasteiger partial charge in [0.1, 0.15) is 38.1 Å². The van der Waals surface area contributed by atoms with Crippen molar-refractivity contribution in [3.05, 3.63) is 100 Å². The quantitative estimate of drug-likeness (QED) is 0.0973. The van der Waals surface area contributed by atoms with Gasteiger partial charge < -0.3 is 33.5 Å². The summed E-state index contributed by atoms with van der Waals surface area (Å²) in [5.41, 5.74) is 8.26. The van der Waals surface area contributed by atoms with Gasteiger partial charge in [0.2, 0.25) is 5.24 Å². The largest absolute Gasteiger partial charge is 0.461 e. The van der Waals surface area contributed by atoms with Crippen LogP contribution >= 0.6 is 11.6 Å². The Morgan fingerprint density at radius 2 is 1.05 bits per heavy atom. The average Bonchev–Trinajstić information content (AvgIpc) is 4.19. The Labute approximate surface area is 343 Å². The monoisotopic (exact) mass is 821 g/mol. The molecule has 0 unspecified atom stereocenters. The van der Waals surface area contributed by atoms with Crippen LogP contribution in [-0.4, -0.2) is 79.1 Å². The third-order valence-electron chi connectivity index (χ3n) is 9.28. The summed E-state index contributed by atoms with van der Waals surface area (Å²) in [6.07, 6.45) is 12.0. The number of fused-ring (bicyclic) bond motifs is 2. The number of carbonyl (C=O) groups is 5. The van der Waals surface area contributed by atoms with E-state index < -0.39 is 29.9 Å². The highest BCUT2D eigenvalue weighted by Gasteiger charge is 2.28. The number of aliphatic hydroxyl groups is 1. The molecule has 2 N–H and O–H groups in total. The first-order valence-corrected chi connectivity index (χ1v) is 20.3. The molecule has 1 amide bonds. The first-order chi connectivity index (χ1) is 28.2. The molecule has 0 aromatic heterocycles. The lowest BCUT2D eigenvalue weighted by Crippen LogP contribution is -2.22. The van der Waals surface area contributed by atoms with Crippen molar-refractivity contribution in [2.24, 2.45) is 0 Å². The first kappa shape index (κ1) is 44.3. The molecule has 5 aliphatic rings. The van der Waals surface area contributed by atoms with E-state index in [1.165, 1.54) is 22.3 Å². The number of esters is 3. The van der Waals surface area contributed by atoms with Crippen molar-refractivity contribution in [2.45, 2.75) is 109 Å². The normalized spacial score (nSPS) is 15.6. The molecule has 13 nitrogen and oxygen atoms in total. The molecular weight excluding hydrogens is 770 g/mol. The fourth-order valence-electron chi connectivity index (χ4n) is 6.10. The molecule has 58 heavy (non-hydrogen) atoms. The lowest BCUT2D eigenvalue weighted by atomic mass is 9.99. The Morgan fingerprint density at radius 3 is 1.50 bits per heavy atom. The average molecular weight is 822 g/mol. The zero-order valence-corrected chi connectivity index (χ0v) is 33.4. The second-order valence-corrected chi connectivity index (χ2v) is 14.9. The van der Waals surface area contributed by atoms with E-state index in [1.54, 1.807) is 0 Å². The molecule has 0 aliphatic heterocycles. The van der Waals surface area contributed by atoms with E-state index in [9.17, 15) is 24.0 Å². The number of aryl methyl sites for hydroxylation is 2. The Bertz CT molecular complexity index is 1780. The predicted octanol–water partition coefficient (Wildman–Crippen LogP) is 6.48. The highest BCUT2D eigenvalue weighted by atomic mass is 35.5. The minimum absolute atomic E-state index is 0.0313. The van der Waals surface area contributed by atoms with E-state index in [0.29, 0.717) is 13.2 Å². The zero-order chi connectivity index (χ0) is 41.1. The molecule has 3 fully saturated rings. The van der Waals surface area contributed by atoms with Gasteiger partial charge in [-0.1, -0.05) is 66.7 Å². The van der Waals surface area contributed by atoms with Crippen LogP contribution in [0.4, 0.5) is 10.5 Å². The maximum Gasteiger partial charge on any atom is 0.412 e. The number of amides is 1. The maximum atomic E-state index is 12.1. The summed E-state index contributed by atoms with van der Waals surface area (Å²) in [5.74, 6) is -1.23. The zero-order valence-electron chi connectivity index (χ0n) is 32.6. The maximum absolute atomic E-state index is 12.1. The van der Waals surface area contributed by atoms with Gasteiger partial charge in [-0.2, -0.15) is 0 Å². The van der Waals surface area contributed by atoms with Crippen molar-refractivity contribution in [1.29, 1.82) is 0 Å². The Balaban J connectivity index is 0.000000159. The van der Waals surface area contributed by atoms with E-state index in [1.807, 2.05) is 60.7 Å². The molecule has 312 valence electrons. The summed E-state index contributed by atoms with van der Waals surface area (Å²) in [6.45, 7) is 0.0950. The van der Waals surface area contributed by atoms with Gasteiger partial charge in [-0.25, -0.2) is 19.2 Å². The Hall–Kier alpha value is -4.82. The number of carbonyl (C=O) groups excluding carboxylic acids is 5. The van der Waals surface area contributed by atoms with E-state index in [-0.39, 0.29) is 44.1 Å². The highest BCUT2D eigenvalue weighted by Crippen LogP contribution is 2.38. The second kappa shape index (κ2) is 23.6. The van der Waals surface area contributed by atoms with Gasteiger partial charge in [0.25, 0.3) is 0 Å². The van der Waals surface area contributed by atoms with Crippen LogP contribution in [0.1, 0.15) is 84.7 Å². The van der Waals surface area contributed by atoms with Gasteiger partial charge in [0.15, 0.2) is 6.61 Å². The van der Waals surface area contributed by atoms with Crippen LogP contribution in [0.3, 0.4) is 0 Å². The van der Waals surface area contributed by atoms with Crippen LogP contribution < -0.4 is 5.32 Å². The van der Waals surface area contributed by atoms with Crippen molar-refractivity contribution in [3.8, 4) is 0 Å². The number of anilines is 1. The highest BCUT2D eigenvalue weighted by molar-refractivity contribution is 6.63. The smallest absolute Gasteiger partial charge is 0.412 e. The SMILES string of the molecule is O=C(CO)OC1CC1.O=C(COC(=O)Nc1c2c(cc3c1CCC3)CCC2)OC1CC1.O=C(COCc1ccccc1)OC1CC1.O=C(Cl)COCc1ccccc1. The minimum Gasteiger partial charge on any atom is -0.461 e. The molecule has 0 saturated heterocycles. The molecule has 0 spiro atoms. The van der Waals surface area contributed by atoms with Crippen molar-refractivity contribution >= 4 is 46.5 Å². The molecule has 0 bridgehead atoms. The van der Waals surface area contributed by atoms with Crippen molar-refractivity contribution < 1.29 is 57.5 Å². The summed E-state index contributed by atoms with van der Waals surface area (Å²) in [5, 5.41) is 10.6. The van der Waals surface area contributed by atoms with Gasteiger partial charge in [0.05, 0.1) is 18.9 Å². The van der Waals surface area contributed by atoms with Gasteiger partial charge in [-0.05, 0) is 122 Å². The standard InChI is InChI=1S/C18H21NO4.C12H14O3.C9H9ClO2.C5H8O3/c20-16(23-13-7-8-13)10-22-18(21)19-17-14-5-1-3-11(14)9-12-4-2-6-15(12)17;13-12(15-11-6-7-11)9-14-8-10-4-2-1-3-5-10;10-9(11)7-12-6-8-4-2-1-3-5-8;6-3-5(7)8-4-1-2-4/h9,13H,1-8,10H2,(H,19,21);1-5,11H,6-9H2;1-5H,6-7H2;4,6H,1-3H2. The minimum atomic E-state index is -0.563. The van der Waals surface area contributed by atoms with Gasteiger partial charge in [-0.15, -0.1) is 0 Å². The Morgan fingerprint density at radius 1 is 0.603 bits per heavy atom. The summed E-state index contributed by atoms with van der Waals surface area (Å²) in [4.78, 5) is 55.2. The van der Waals surface area contributed by atoms with Gasteiger partial charge in [0, 0.05) is 0 Å². The summed E-state index contributed by atoms with van der Waals surface area (Å²) < 4.78 is 30.0. The number of nitrogens with one attached hydrogen (secondary N) is 1. The molecule has 3 aromatic carbocycles. The van der Waals surface area contributed by atoms with Crippen LogP contribution in [0.15, 0.2) is 66.7 Å². The fraction of sp³-hybridized carbons (Fsp3) is 0.477. The lowest BCUT2D eigenvalue weighted by molar-refractivity contribution is -0.151. The van der Waals surface area contributed by atoms with E-state index in [4.69, 9.17) is 40.4 Å². The van der Waals surface area contributed by atoms with Crippen LogP contribution in [0.5, 0.6) is 0 Å². The molecule has 0 radical (unpaired) electrons. The van der Waals surface area contributed by atoms with Crippen molar-refractivity contribution in [2.75, 3.05) is 31.7 Å². The lowest BCUT2D eigenvalue weighted by Gasteiger charge is -2.16. The van der Waals surface area contributed by atoms with Gasteiger partial charge >= 0.3 is 24.0 Å². The number of hydrogen-bond acceptors (Lipinski definition) is 12. The molecule has 0 heterocycles. The predicted molar refractivity (Wildman–Crippen MR) is 213 cm³/mol. The molecule has 8 rings (SSSR count). The third kappa shape index (κ3) is 17.0. The summed E-state index contributed by atoms with van der Waals surface area (Å²) in [6, 6.07) is 21.7. The number of benzene rings is 3. The van der Waals surface area contributed by atoms with E-state index >= 15 is 0 Å². The van der Waals surface area contributed by atoms with Crippen molar-refractivity contribution in [3.63, 3.8) is 0 Å². The molecule has 0 atom stereocenters. The van der Waals surface area contributed by atoms with Crippen molar-refractivity contribution in [1.82, 2.24) is 0 Å². The summed E-state index contributed by atoms with van der Waals surface area (Å²) >= 11 is 5.08. The number of halogens is 1. The number of aliphatic hydroxyl groups excluding tert-OH is 1. The number of ether oxygens (including phenoxy) is 6. The first-order valence-electron chi connectivity index (χ1n) is 19.9. The number of rotatable bonds is 15. The van der Waals surface area contributed by atoms with E-state index in [2.05, 4.69) is 16.1 Å². The third-order valence-corrected chi connectivity index (χ3v) is 9.39. The van der Waals surface area contributed by atoms with E-state index in [0.717, 1.165) is 93.9 Å². The molecule has 5 aliphatic carbocycles. The van der Waals surface area contributed by atoms with Crippen LogP contribution in [0.25, 0.3) is 0 Å². The molecular formula is C44H52ClNO12. The molecule has 14 heteroatoms. The molecule has 3 aromatic rings. The topological polar surface area (TPSA) is 173 Å².